The molecule has 0 radical (unpaired) electrons. The highest BCUT2D eigenvalue weighted by atomic mass is 16.5. The molecule has 0 aromatic heterocycles. The number of barbiturate groups is 1. The molecule has 0 N–H and O–H groups in total. The van der Waals surface area contributed by atoms with Gasteiger partial charge in [0.05, 0.1) is 12.6 Å². The normalized spacial score (nSPS) is 26.0. The predicted octanol–water partition coefficient (Wildman–Crippen LogP) is -0.0972. The molecular weight excluding hydrogens is 250 g/mol. The first-order chi connectivity index (χ1) is 9.02. The Hall–Kier alpha value is -1.76. The molecule has 2 saturated heterocycles. The fraction of sp³-hybridized carbons (Fsp3) is 0.667. The third kappa shape index (κ3) is 2.65. The van der Waals surface area contributed by atoms with Gasteiger partial charge in [0.1, 0.15) is 0 Å². The molecule has 1 atom stereocenters. The lowest BCUT2D eigenvalue weighted by Crippen LogP contribution is -2.57. The van der Waals surface area contributed by atoms with Crippen molar-refractivity contribution in [2.24, 2.45) is 10.9 Å². The van der Waals surface area contributed by atoms with Crippen LogP contribution in [-0.4, -0.2) is 67.2 Å². The zero-order valence-corrected chi connectivity index (χ0v) is 11.0. The van der Waals surface area contributed by atoms with E-state index in [1.165, 1.54) is 20.3 Å². The summed E-state index contributed by atoms with van der Waals surface area (Å²) in [5.74, 6) is -2.08. The lowest BCUT2D eigenvalue weighted by molar-refractivity contribution is -0.144. The third-order valence-electron chi connectivity index (χ3n) is 3.35. The van der Waals surface area contributed by atoms with Crippen molar-refractivity contribution in [3.05, 3.63) is 0 Å². The van der Waals surface area contributed by atoms with E-state index in [0.29, 0.717) is 6.54 Å². The summed E-state index contributed by atoms with van der Waals surface area (Å²) in [6.45, 7) is 1.18. The van der Waals surface area contributed by atoms with Gasteiger partial charge in [-0.1, -0.05) is 0 Å². The number of amides is 4. The molecule has 104 valence electrons. The van der Waals surface area contributed by atoms with Crippen molar-refractivity contribution in [3.8, 4) is 0 Å². The van der Waals surface area contributed by atoms with Gasteiger partial charge in [0.25, 0.3) is 0 Å². The maximum absolute atomic E-state index is 11.9. The topological polar surface area (TPSA) is 79.3 Å². The van der Waals surface area contributed by atoms with Gasteiger partial charge in [0, 0.05) is 26.9 Å². The van der Waals surface area contributed by atoms with Crippen molar-refractivity contribution in [2.45, 2.75) is 18.9 Å². The first-order valence-corrected chi connectivity index (χ1v) is 6.23. The van der Waals surface area contributed by atoms with Gasteiger partial charge in [-0.2, -0.15) is 0 Å². The number of hydrogen-bond acceptors (Lipinski definition) is 5. The van der Waals surface area contributed by atoms with E-state index in [1.54, 1.807) is 0 Å². The van der Waals surface area contributed by atoms with Gasteiger partial charge >= 0.3 is 6.03 Å². The van der Waals surface area contributed by atoms with Crippen LogP contribution in [0.25, 0.3) is 0 Å². The highest BCUT2D eigenvalue weighted by Crippen LogP contribution is 2.15. The highest BCUT2D eigenvalue weighted by Gasteiger charge is 2.41. The van der Waals surface area contributed by atoms with Crippen LogP contribution >= 0.6 is 0 Å². The number of aliphatic imine (C=N–C) groups is 1. The quantitative estimate of drug-likeness (QED) is 0.528. The van der Waals surface area contributed by atoms with Crippen molar-refractivity contribution in [2.75, 3.05) is 27.2 Å². The zero-order chi connectivity index (χ0) is 14.0. The summed E-state index contributed by atoms with van der Waals surface area (Å²) in [5.41, 5.74) is 0. The maximum Gasteiger partial charge on any atom is 0.332 e. The van der Waals surface area contributed by atoms with Gasteiger partial charge in [-0.15, -0.1) is 0 Å². The molecule has 2 aliphatic rings. The van der Waals surface area contributed by atoms with Crippen LogP contribution < -0.4 is 0 Å². The van der Waals surface area contributed by atoms with Crippen LogP contribution in [0, 0.1) is 5.92 Å². The minimum Gasteiger partial charge on any atom is -0.376 e. The second-order valence-electron chi connectivity index (χ2n) is 4.70. The molecule has 0 saturated carbocycles. The number of rotatable bonds is 3. The molecule has 0 spiro atoms. The van der Waals surface area contributed by atoms with Crippen molar-refractivity contribution in [3.63, 3.8) is 0 Å². The molecule has 0 unspecified atom stereocenters. The highest BCUT2D eigenvalue weighted by molar-refractivity contribution is 6.23. The van der Waals surface area contributed by atoms with Crippen LogP contribution in [0.4, 0.5) is 4.79 Å². The number of urea groups is 1. The van der Waals surface area contributed by atoms with Crippen molar-refractivity contribution < 1.29 is 19.1 Å². The van der Waals surface area contributed by atoms with E-state index in [2.05, 4.69) is 4.99 Å². The largest absolute Gasteiger partial charge is 0.376 e. The van der Waals surface area contributed by atoms with E-state index >= 15 is 0 Å². The molecule has 0 bridgehead atoms. The van der Waals surface area contributed by atoms with E-state index in [-0.39, 0.29) is 6.10 Å². The molecule has 0 aromatic carbocycles. The molecule has 2 rings (SSSR count). The standard InChI is InChI=1S/C12H17N3O4/c1-14-10(16)9(11(17)15(2)12(14)18)7-13-6-8-4-3-5-19-8/h7-9H,3-6H2,1-2H3/t8-/m0/s1. The summed E-state index contributed by atoms with van der Waals surface area (Å²) in [7, 11) is 2.71. The molecule has 4 amide bonds. The monoisotopic (exact) mass is 267 g/mol. The third-order valence-corrected chi connectivity index (χ3v) is 3.35. The predicted molar refractivity (Wildman–Crippen MR) is 66.8 cm³/mol. The van der Waals surface area contributed by atoms with Gasteiger partial charge in [-0.3, -0.25) is 24.4 Å². The second-order valence-corrected chi connectivity index (χ2v) is 4.70. The van der Waals surface area contributed by atoms with E-state index in [9.17, 15) is 14.4 Å². The Balaban J connectivity index is 2.01. The first-order valence-electron chi connectivity index (χ1n) is 6.23. The van der Waals surface area contributed by atoms with Gasteiger partial charge in [-0.25, -0.2) is 4.79 Å². The van der Waals surface area contributed by atoms with Crippen LogP contribution in [0.5, 0.6) is 0 Å². The fourth-order valence-corrected chi connectivity index (χ4v) is 2.14. The Kier molecular flexibility index (Phi) is 3.94. The summed E-state index contributed by atoms with van der Waals surface area (Å²) < 4.78 is 5.40. The molecule has 0 aliphatic carbocycles. The fourth-order valence-electron chi connectivity index (χ4n) is 2.14. The molecule has 2 aliphatic heterocycles. The minimum atomic E-state index is -1.01. The molecule has 2 heterocycles. The first kappa shape index (κ1) is 13.7. The molecule has 19 heavy (non-hydrogen) atoms. The molecule has 2 fully saturated rings. The lowest BCUT2D eigenvalue weighted by atomic mass is 10.1. The Morgan fingerprint density at radius 1 is 1.26 bits per heavy atom. The van der Waals surface area contributed by atoms with Crippen molar-refractivity contribution in [1.29, 1.82) is 0 Å². The van der Waals surface area contributed by atoms with Crippen LogP contribution in [0.1, 0.15) is 12.8 Å². The van der Waals surface area contributed by atoms with Crippen LogP contribution in [0.3, 0.4) is 0 Å². The van der Waals surface area contributed by atoms with Crippen LogP contribution in [0.2, 0.25) is 0 Å². The summed E-state index contributed by atoms with van der Waals surface area (Å²) in [5, 5.41) is 0. The van der Waals surface area contributed by atoms with Gasteiger partial charge in [0.2, 0.25) is 11.8 Å². The number of carbonyl (C=O) groups is 3. The summed E-state index contributed by atoms with van der Waals surface area (Å²) in [6, 6.07) is -0.612. The Morgan fingerprint density at radius 2 is 1.89 bits per heavy atom. The van der Waals surface area contributed by atoms with Crippen molar-refractivity contribution in [1.82, 2.24) is 9.80 Å². The number of ether oxygens (including phenoxy) is 1. The summed E-state index contributed by atoms with van der Waals surface area (Å²) in [4.78, 5) is 41.2. The average molecular weight is 267 g/mol. The Bertz CT molecular complexity index is 405. The number of carbonyl (C=O) groups excluding carboxylic acids is 3. The van der Waals surface area contributed by atoms with Gasteiger partial charge in [-0.05, 0) is 12.8 Å². The maximum atomic E-state index is 11.9. The zero-order valence-electron chi connectivity index (χ0n) is 11.0. The second kappa shape index (κ2) is 5.48. The molecule has 7 heteroatoms. The number of hydrogen-bond donors (Lipinski definition) is 0. The summed E-state index contributed by atoms with van der Waals surface area (Å²) in [6.07, 6.45) is 3.36. The van der Waals surface area contributed by atoms with Crippen molar-refractivity contribution >= 4 is 24.1 Å². The average Bonchev–Trinajstić information content (AvgIpc) is 2.91. The van der Waals surface area contributed by atoms with E-state index in [1.807, 2.05) is 0 Å². The van der Waals surface area contributed by atoms with Gasteiger partial charge in [0.15, 0.2) is 5.92 Å². The SMILES string of the molecule is CN1C(=O)C(C=NC[C@@H]2CCCO2)C(=O)N(C)C1=O. The van der Waals surface area contributed by atoms with Gasteiger partial charge < -0.3 is 4.74 Å². The van der Waals surface area contributed by atoms with E-state index in [4.69, 9.17) is 4.74 Å². The lowest BCUT2D eigenvalue weighted by Gasteiger charge is -2.31. The summed E-state index contributed by atoms with van der Waals surface area (Å²) >= 11 is 0. The molecular formula is C12H17N3O4. The minimum absolute atomic E-state index is 0.0714. The van der Waals surface area contributed by atoms with Crippen LogP contribution in [-0.2, 0) is 14.3 Å². The number of imide groups is 2. The van der Waals surface area contributed by atoms with Crippen LogP contribution in [0.15, 0.2) is 4.99 Å². The Labute approximate surface area is 111 Å². The van der Waals surface area contributed by atoms with E-state index < -0.39 is 23.8 Å². The number of nitrogens with zero attached hydrogens (tertiary/aromatic N) is 3. The Morgan fingerprint density at radius 3 is 2.42 bits per heavy atom. The molecule has 0 aromatic rings. The van der Waals surface area contributed by atoms with E-state index in [0.717, 1.165) is 29.2 Å². The molecule has 7 nitrogen and oxygen atoms in total. The smallest absolute Gasteiger partial charge is 0.332 e.